The number of esters is 1. The van der Waals surface area contributed by atoms with E-state index in [-0.39, 0.29) is 36.7 Å². The first-order valence-corrected chi connectivity index (χ1v) is 17.9. The molecule has 3 heterocycles. The molecule has 262 valence electrons. The van der Waals surface area contributed by atoms with Crippen LogP contribution in [0.4, 0.5) is 5.69 Å². The number of carbonyl (C=O) groups excluding carboxylic acids is 4. The van der Waals surface area contributed by atoms with Crippen LogP contribution in [0.25, 0.3) is 10.8 Å². The van der Waals surface area contributed by atoms with Crippen LogP contribution in [0, 0.1) is 11.8 Å². The van der Waals surface area contributed by atoms with Gasteiger partial charge in [0.1, 0.15) is 17.7 Å². The van der Waals surface area contributed by atoms with Crippen LogP contribution >= 0.6 is 15.9 Å². The monoisotopic (exact) mass is 743 g/mol. The van der Waals surface area contributed by atoms with Gasteiger partial charge in [-0.15, -0.1) is 13.2 Å². The molecule has 3 amide bonds. The minimum atomic E-state index is -1.39. The molecule has 3 saturated heterocycles. The van der Waals surface area contributed by atoms with Crippen molar-refractivity contribution in [3.63, 3.8) is 0 Å². The minimum absolute atomic E-state index is 0.0948. The lowest BCUT2D eigenvalue weighted by molar-refractivity contribution is -0.159. The van der Waals surface area contributed by atoms with E-state index in [1.165, 1.54) is 4.90 Å². The van der Waals surface area contributed by atoms with Crippen molar-refractivity contribution in [1.29, 1.82) is 0 Å². The topological polar surface area (TPSA) is 125 Å². The van der Waals surface area contributed by atoms with E-state index in [0.29, 0.717) is 17.7 Å². The third-order valence-electron chi connectivity index (χ3n) is 10.0. The highest BCUT2D eigenvalue weighted by atomic mass is 79.9. The largest absolute Gasteiger partial charge is 0.460 e. The number of aliphatic hydroxyl groups excluding tert-OH is 1. The smallest absolute Gasteiger partial charge is 0.312 e. The number of hydrogen-bond donors (Lipinski definition) is 2. The van der Waals surface area contributed by atoms with E-state index >= 15 is 4.79 Å². The first-order valence-electron chi connectivity index (χ1n) is 16.9. The number of alkyl halides is 1. The predicted octanol–water partition coefficient (Wildman–Crippen LogP) is 4.85. The van der Waals surface area contributed by atoms with Gasteiger partial charge in [0.15, 0.2) is 0 Å². The summed E-state index contributed by atoms with van der Waals surface area (Å²) in [4.78, 5) is 58.8. The molecule has 2 bridgehead atoms. The summed E-state index contributed by atoms with van der Waals surface area (Å²) in [7, 11) is 0. The van der Waals surface area contributed by atoms with Crippen LogP contribution < -0.4 is 10.2 Å². The molecule has 11 heteroatoms. The highest BCUT2D eigenvalue weighted by Crippen LogP contribution is 2.61. The third kappa shape index (κ3) is 6.38. The zero-order valence-corrected chi connectivity index (χ0v) is 29.5. The molecule has 0 aromatic heterocycles. The Balaban J connectivity index is 1.38. The number of ether oxygens (including phenoxy) is 2. The quantitative estimate of drug-likeness (QED) is 0.137. The Hall–Kier alpha value is -4.32. The summed E-state index contributed by atoms with van der Waals surface area (Å²) in [6.45, 7) is 9.00. The second-order valence-corrected chi connectivity index (χ2v) is 14.3. The minimum Gasteiger partial charge on any atom is -0.460 e. The van der Waals surface area contributed by atoms with E-state index in [1.807, 2.05) is 60.7 Å². The maximum Gasteiger partial charge on any atom is 0.312 e. The van der Waals surface area contributed by atoms with Gasteiger partial charge < -0.3 is 29.7 Å². The fourth-order valence-electron chi connectivity index (χ4n) is 7.82. The Kier molecular flexibility index (Phi) is 10.6. The molecule has 10 nitrogen and oxygen atoms in total. The molecular weight excluding hydrogens is 702 g/mol. The molecule has 1 spiro atoms. The zero-order valence-electron chi connectivity index (χ0n) is 28.0. The van der Waals surface area contributed by atoms with Crippen LogP contribution in [0.3, 0.4) is 0 Å². The fraction of sp³-hybridized carbons (Fsp3) is 0.385. The van der Waals surface area contributed by atoms with Crippen LogP contribution in [0.2, 0.25) is 0 Å². The number of halogens is 1. The molecule has 1 unspecified atom stereocenters. The van der Waals surface area contributed by atoms with Gasteiger partial charge in [0, 0.05) is 23.5 Å². The summed E-state index contributed by atoms with van der Waals surface area (Å²) in [5.74, 6) is -3.77. The normalized spacial score (nSPS) is 26.3. The molecule has 8 atom stereocenters. The van der Waals surface area contributed by atoms with Crippen molar-refractivity contribution in [2.45, 2.75) is 60.9 Å². The van der Waals surface area contributed by atoms with E-state index in [4.69, 9.17) is 9.47 Å². The van der Waals surface area contributed by atoms with Gasteiger partial charge in [0.25, 0.3) is 5.91 Å². The maximum absolute atomic E-state index is 15.1. The first-order chi connectivity index (χ1) is 24.1. The summed E-state index contributed by atoms with van der Waals surface area (Å²) in [6, 6.07) is 20.5. The number of rotatable bonds is 14. The van der Waals surface area contributed by atoms with Gasteiger partial charge >= 0.3 is 5.97 Å². The maximum atomic E-state index is 15.1. The zero-order chi connectivity index (χ0) is 35.6. The van der Waals surface area contributed by atoms with Gasteiger partial charge in [-0.1, -0.05) is 88.7 Å². The standard InChI is InChI=1S/C39H42BrN3O7/c1-4-6-16-31(45)41-22-24(3)49-38(48)32-33-36(46)43(30(23-44)26-13-8-7-9-14-26)35(39(33)21-29(40)34(32)50-39)37(47)42(19-5-2)28-18-17-25-12-10-11-15-27(25)20-28/h4-5,7-15,17-18,20,24,29-30,32-35,44H,1-2,6,16,19,21-23H2,3H3,(H,41,45)/t24-,29?,30-,32+,33-,34+,35+,39-/m1/s1. The summed E-state index contributed by atoms with van der Waals surface area (Å²) < 4.78 is 12.5. The number of fused-ring (bicyclic) bond motifs is 2. The number of likely N-dealkylation sites (tertiary alicyclic amines) is 1. The molecule has 3 aromatic rings. The van der Waals surface area contributed by atoms with Crippen molar-refractivity contribution >= 4 is 56.1 Å². The molecule has 3 fully saturated rings. The number of carbonyl (C=O) groups is 4. The number of amides is 3. The lowest BCUT2D eigenvalue weighted by Crippen LogP contribution is -2.57. The van der Waals surface area contributed by atoms with E-state index < -0.39 is 66.1 Å². The average Bonchev–Trinajstić information content (AvgIpc) is 3.72. The first kappa shape index (κ1) is 35.5. The lowest BCUT2D eigenvalue weighted by atomic mass is 9.70. The number of hydrogen-bond acceptors (Lipinski definition) is 7. The lowest BCUT2D eigenvalue weighted by Gasteiger charge is -2.39. The Morgan fingerprint density at radius 2 is 1.82 bits per heavy atom. The molecule has 3 aromatic carbocycles. The van der Waals surface area contributed by atoms with Crippen molar-refractivity contribution in [2.75, 3.05) is 24.6 Å². The number of allylic oxidation sites excluding steroid dienone is 1. The summed E-state index contributed by atoms with van der Waals surface area (Å²) >= 11 is 3.71. The van der Waals surface area contributed by atoms with E-state index in [9.17, 15) is 19.5 Å². The van der Waals surface area contributed by atoms with Crippen LogP contribution in [-0.4, -0.2) is 82.1 Å². The van der Waals surface area contributed by atoms with Crippen molar-refractivity contribution < 1.29 is 33.8 Å². The van der Waals surface area contributed by atoms with Crippen molar-refractivity contribution in [1.82, 2.24) is 10.2 Å². The van der Waals surface area contributed by atoms with Gasteiger partial charge in [0.05, 0.1) is 37.1 Å². The molecule has 6 rings (SSSR count). The molecule has 50 heavy (non-hydrogen) atoms. The molecule has 3 aliphatic rings. The number of nitrogens with zero attached hydrogens (tertiary/aromatic N) is 2. The Morgan fingerprint density at radius 1 is 1.10 bits per heavy atom. The summed E-state index contributed by atoms with van der Waals surface area (Å²) in [5, 5.41) is 15.6. The van der Waals surface area contributed by atoms with Crippen LogP contribution in [-0.2, 0) is 28.7 Å². The van der Waals surface area contributed by atoms with Crippen LogP contribution in [0.5, 0.6) is 0 Å². The van der Waals surface area contributed by atoms with E-state index in [0.717, 1.165) is 10.8 Å². The SMILES string of the molecule is C=CCCC(=O)NC[C@@H](C)OC(=O)[C@@H]1[C@H]2O[C@@]3(CC2Br)[C@H](C(=O)N(CC=C)c2ccc4ccccc4c2)N([C@H](CO)c2ccccc2)C(=O)[C@@H]13. The fourth-order valence-corrected chi connectivity index (χ4v) is 8.77. The predicted molar refractivity (Wildman–Crippen MR) is 193 cm³/mol. The number of nitrogens with one attached hydrogen (secondary N) is 1. The molecule has 2 N–H and O–H groups in total. The van der Waals surface area contributed by atoms with Crippen molar-refractivity contribution in [2.24, 2.45) is 11.8 Å². The number of benzene rings is 3. The van der Waals surface area contributed by atoms with Gasteiger partial charge in [-0.2, -0.15) is 0 Å². The molecule has 0 aliphatic carbocycles. The second-order valence-electron chi connectivity index (χ2n) is 13.2. The Morgan fingerprint density at radius 3 is 2.52 bits per heavy atom. The molecule has 0 saturated carbocycles. The van der Waals surface area contributed by atoms with Crippen LogP contribution in [0.1, 0.15) is 37.8 Å². The Bertz CT molecular complexity index is 1790. The van der Waals surface area contributed by atoms with Gasteiger partial charge in [0.2, 0.25) is 11.8 Å². The second kappa shape index (κ2) is 14.9. The molecular formula is C39H42BrN3O7. The molecule has 3 aliphatic heterocycles. The average molecular weight is 745 g/mol. The van der Waals surface area contributed by atoms with Gasteiger partial charge in [-0.3, -0.25) is 19.2 Å². The van der Waals surface area contributed by atoms with E-state index in [2.05, 4.69) is 34.4 Å². The van der Waals surface area contributed by atoms with Crippen molar-refractivity contribution in [3.05, 3.63) is 104 Å². The van der Waals surface area contributed by atoms with Gasteiger partial charge in [-0.05, 0) is 48.2 Å². The molecule has 0 radical (unpaired) electrons. The Labute approximate surface area is 300 Å². The van der Waals surface area contributed by atoms with E-state index in [1.54, 1.807) is 36.1 Å². The van der Waals surface area contributed by atoms with Gasteiger partial charge in [-0.25, -0.2) is 0 Å². The highest BCUT2D eigenvalue weighted by molar-refractivity contribution is 9.09. The summed E-state index contributed by atoms with van der Waals surface area (Å²) in [5.41, 5.74) is -0.135. The third-order valence-corrected chi connectivity index (χ3v) is 10.9. The van der Waals surface area contributed by atoms with Crippen LogP contribution in [0.15, 0.2) is 98.1 Å². The van der Waals surface area contributed by atoms with Crippen molar-refractivity contribution in [3.8, 4) is 0 Å². The number of anilines is 1. The number of aliphatic hydroxyl groups is 1. The summed E-state index contributed by atoms with van der Waals surface area (Å²) in [6.07, 6.45) is 2.94. The highest BCUT2D eigenvalue weighted by Gasteiger charge is 2.77.